The van der Waals surface area contributed by atoms with Crippen molar-refractivity contribution in [3.05, 3.63) is 0 Å². The van der Waals surface area contributed by atoms with Crippen molar-refractivity contribution in [2.24, 2.45) is 0 Å². The molecule has 0 fully saturated rings. The summed E-state index contributed by atoms with van der Waals surface area (Å²) in [7, 11) is 0. The molecule has 5 heteroatoms. The zero-order chi connectivity index (χ0) is 10.6. The van der Waals surface area contributed by atoms with Crippen molar-refractivity contribution in [3.8, 4) is 0 Å². The Morgan fingerprint density at radius 3 is 2.57 bits per heavy atom. The molecule has 2 N–H and O–H groups in total. The Morgan fingerprint density at radius 1 is 1.21 bits per heavy atom. The van der Waals surface area contributed by atoms with E-state index in [2.05, 4.69) is 0 Å². The average Bonchev–Trinajstić information content (AvgIpc) is 2.15. The molecule has 0 saturated carbocycles. The normalized spacial score (nSPS) is 10.4. The minimum Gasteiger partial charge on any atom is -0.481 e. The average molecular weight is 222 g/mol. The maximum atomic E-state index is 10.1. The van der Waals surface area contributed by atoms with Crippen molar-refractivity contribution in [2.45, 2.75) is 19.3 Å². The molecule has 0 heterocycles. The molecule has 0 aliphatic carbocycles. The first-order valence-electron chi connectivity index (χ1n) is 4.75. The van der Waals surface area contributed by atoms with Crippen LogP contribution >= 0.6 is 11.8 Å². The van der Waals surface area contributed by atoms with E-state index in [1.54, 1.807) is 11.8 Å². The van der Waals surface area contributed by atoms with Gasteiger partial charge in [0.1, 0.15) is 0 Å². The lowest BCUT2D eigenvalue weighted by Crippen LogP contribution is -2.01. The van der Waals surface area contributed by atoms with Crippen LogP contribution in [0.2, 0.25) is 0 Å². The summed E-state index contributed by atoms with van der Waals surface area (Å²) >= 11 is 1.64. The molecule has 0 aromatic rings. The van der Waals surface area contributed by atoms with Crippen LogP contribution in [0.3, 0.4) is 0 Å². The second kappa shape index (κ2) is 10.8. The van der Waals surface area contributed by atoms with E-state index in [1.807, 2.05) is 0 Å². The molecule has 0 radical (unpaired) electrons. The summed E-state index contributed by atoms with van der Waals surface area (Å²) < 4.78 is 5.21. The predicted octanol–water partition coefficient (Wildman–Crippen LogP) is 0.983. The van der Waals surface area contributed by atoms with Crippen LogP contribution in [0.25, 0.3) is 0 Å². The molecule has 84 valence electrons. The summed E-state index contributed by atoms with van der Waals surface area (Å²) in [5.74, 6) is 0.870. The van der Waals surface area contributed by atoms with Gasteiger partial charge in [0.05, 0.1) is 6.42 Å². The van der Waals surface area contributed by atoms with Crippen LogP contribution in [0, 0.1) is 0 Å². The van der Waals surface area contributed by atoms with Gasteiger partial charge in [-0.05, 0) is 18.6 Å². The highest BCUT2D eigenvalue weighted by molar-refractivity contribution is 7.99. The molecule has 0 aromatic carbocycles. The van der Waals surface area contributed by atoms with Crippen molar-refractivity contribution >= 4 is 17.7 Å². The molecule has 0 amide bonds. The van der Waals surface area contributed by atoms with Gasteiger partial charge in [0.15, 0.2) is 0 Å². The first-order valence-corrected chi connectivity index (χ1v) is 5.91. The van der Waals surface area contributed by atoms with Crippen molar-refractivity contribution in [2.75, 3.05) is 31.3 Å². The summed E-state index contributed by atoms with van der Waals surface area (Å²) in [6.45, 7) is 1.48. The highest BCUT2D eigenvalue weighted by Gasteiger charge is 1.96. The van der Waals surface area contributed by atoms with E-state index < -0.39 is 5.97 Å². The molecular weight excluding hydrogens is 204 g/mol. The van der Waals surface area contributed by atoms with Crippen molar-refractivity contribution in [1.29, 1.82) is 0 Å². The van der Waals surface area contributed by atoms with Crippen LogP contribution in [0.4, 0.5) is 0 Å². The van der Waals surface area contributed by atoms with Gasteiger partial charge in [0.2, 0.25) is 0 Å². The molecule has 0 bridgehead atoms. The SMILES string of the molecule is O=C(O)CCSCCCOCCCO. The molecule has 0 aromatic heterocycles. The molecule has 0 unspecified atom stereocenters. The van der Waals surface area contributed by atoms with E-state index >= 15 is 0 Å². The Hall–Kier alpha value is -0.260. The van der Waals surface area contributed by atoms with Gasteiger partial charge in [-0.2, -0.15) is 11.8 Å². The van der Waals surface area contributed by atoms with Crippen LogP contribution < -0.4 is 0 Å². The Morgan fingerprint density at radius 2 is 1.93 bits per heavy atom. The summed E-state index contributed by atoms with van der Waals surface area (Å²) in [5, 5.41) is 16.8. The second-order valence-electron chi connectivity index (χ2n) is 2.80. The Balaban J connectivity index is 2.88. The van der Waals surface area contributed by atoms with Gasteiger partial charge in [-0.3, -0.25) is 4.79 Å². The number of aliphatic hydroxyl groups excluding tert-OH is 1. The number of thioether (sulfide) groups is 1. The van der Waals surface area contributed by atoms with Gasteiger partial charge in [0.25, 0.3) is 0 Å². The van der Waals surface area contributed by atoms with Crippen LogP contribution in [0.5, 0.6) is 0 Å². The van der Waals surface area contributed by atoms with E-state index in [1.165, 1.54) is 0 Å². The van der Waals surface area contributed by atoms with E-state index in [9.17, 15) is 4.79 Å². The topological polar surface area (TPSA) is 66.8 Å². The van der Waals surface area contributed by atoms with Crippen molar-refractivity contribution in [3.63, 3.8) is 0 Å². The smallest absolute Gasteiger partial charge is 0.304 e. The quantitative estimate of drug-likeness (QED) is 0.539. The number of carboxylic acids is 1. The minimum absolute atomic E-state index is 0.174. The number of hydrogen-bond donors (Lipinski definition) is 2. The largest absolute Gasteiger partial charge is 0.481 e. The lowest BCUT2D eigenvalue weighted by atomic mass is 10.5. The molecule has 0 atom stereocenters. The number of rotatable bonds is 10. The maximum absolute atomic E-state index is 10.1. The number of carbonyl (C=O) groups is 1. The van der Waals surface area contributed by atoms with E-state index in [-0.39, 0.29) is 13.0 Å². The van der Waals surface area contributed by atoms with Crippen LogP contribution in [-0.2, 0) is 9.53 Å². The van der Waals surface area contributed by atoms with Crippen LogP contribution in [0.15, 0.2) is 0 Å². The van der Waals surface area contributed by atoms with E-state index in [4.69, 9.17) is 14.9 Å². The highest BCUT2D eigenvalue weighted by Crippen LogP contribution is 2.04. The predicted molar refractivity (Wildman–Crippen MR) is 56.7 cm³/mol. The maximum Gasteiger partial charge on any atom is 0.304 e. The third-order valence-electron chi connectivity index (χ3n) is 1.48. The number of aliphatic carboxylic acids is 1. The summed E-state index contributed by atoms with van der Waals surface area (Å²) in [6, 6.07) is 0. The molecular formula is C9H18O4S. The van der Waals surface area contributed by atoms with Gasteiger partial charge in [0, 0.05) is 25.6 Å². The molecule has 0 aliphatic rings. The second-order valence-corrected chi connectivity index (χ2v) is 4.02. The van der Waals surface area contributed by atoms with Gasteiger partial charge < -0.3 is 14.9 Å². The third kappa shape index (κ3) is 11.7. The zero-order valence-corrected chi connectivity index (χ0v) is 9.09. The fourth-order valence-electron chi connectivity index (χ4n) is 0.793. The lowest BCUT2D eigenvalue weighted by Gasteiger charge is -2.02. The molecule has 0 spiro atoms. The van der Waals surface area contributed by atoms with Crippen LogP contribution in [0.1, 0.15) is 19.3 Å². The number of aliphatic hydroxyl groups is 1. The Labute approximate surface area is 88.6 Å². The summed E-state index contributed by atoms with van der Waals surface area (Å²) in [5.41, 5.74) is 0. The molecule has 0 aliphatic heterocycles. The fourth-order valence-corrected chi connectivity index (χ4v) is 1.64. The Bertz CT molecular complexity index is 141. The number of carboxylic acid groups (broad SMARTS) is 1. The van der Waals surface area contributed by atoms with E-state index in [0.29, 0.717) is 25.4 Å². The lowest BCUT2D eigenvalue weighted by molar-refractivity contribution is -0.136. The Kier molecular flexibility index (Phi) is 10.6. The third-order valence-corrected chi connectivity index (χ3v) is 2.55. The van der Waals surface area contributed by atoms with Crippen molar-refractivity contribution in [1.82, 2.24) is 0 Å². The summed E-state index contributed by atoms with van der Waals surface area (Å²) in [4.78, 5) is 10.1. The van der Waals surface area contributed by atoms with Crippen LogP contribution in [-0.4, -0.2) is 47.5 Å². The standard InChI is InChI=1S/C9H18O4S/c10-4-1-5-13-6-2-7-14-8-3-9(11)12/h10H,1-8H2,(H,11,12). The monoisotopic (exact) mass is 222 g/mol. The first kappa shape index (κ1) is 13.7. The molecule has 4 nitrogen and oxygen atoms in total. The summed E-state index contributed by atoms with van der Waals surface area (Å²) in [6.07, 6.45) is 1.86. The highest BCUT2D eigenvalue weighted by atomic mass is 32.2. The number of hydrogen-bond acceptors (Lipinski definition) is 4. The molecule has 0 rings (SSSR count). The molecule has 14 heavy (non-hydrogen) atoms. The number of ether oxygens (including phenoxy) is 1. The van der Waals surface area contributed by atoms with Gasteiger partial charge in [-0.25, -0.2) is 0 Å². The van der Waals surface area contributed by atoms with Gasteiger partial charge >= 0.3 is 5.97 Å². The van der Waals surface area contributed by atoms with E-state index in [0.717, 1.165) is 12.2 Å². The van der Waals surface area contributed by atoms with Crippen molar-refractivity contribution < 1.29 is 19.7 Å². The first-order chi connectivity index (χ1) is 6.77. The van der Waals surface area contributed by atoms with Gasteiger partial charge in [-0.1, -0.05) is 0 Å². The minimum atomic E-state index is -0.739. The van der Waals surface area contributed by atoms with Gasteiger partial charge in [-0.15, -0.1) is 0 Å². The molecule has 0 saturated heterocycles. The fraction of sp³-hybridized carbons (Fsp3) is 0.889. The zero-order valence-electron chi connectivity index (χ0n) is 8.28.